The van der Waals surface area contributed by atoms with Gasteiger partial charge in [-0.05, 0) is 43.2 Å². The van der Waals surface area contributed by atoms with Crippen molar-refractivity contribution in [1.82, 2.24) is 13.7 Å². The van der Waals surface area contributed by atoms with Crippen molar-refractivity contribution in [2.75, 3.05) is 0 Å². The zero-order valence-corrected chi connectivity index (χ0v) is 10.5. The van der Waals surface area contributed by atoms with E-state index in [0.29, 0.717) is 0 Å². The number of pyridine rings is 1. The fourth-order valence-electron chi connectivity index (χ4n) is 1.61. The second-order valence-electron chi connectivity index (χ2n) is 3.88. The van der Waals surface area contributed by atoms with Gasteiger partial charge in [-0.15, -0.1) is 0 Å². The lowest BCUT2D eigenvalue weighted by atomic mass is 10.2. The lowest BCUT2D eigenvalue weighted by Crippen LogP contribution is -1.84. The molecule has 2 aromatic heterocycles. The monoisotopic (exact) mass is 251 g/mol. The van der Waals surface area contributed by atoms with Crippen LogP contribution in [-0.4, -0.2) is 13.7 Å². The minimum Gasteiger partial charge on any atom is -0.245 e. The SMILES string of the molecule is Cc1cccc(C#Cc2ccc3nsnc3c2)n1. The van der Waals surface area contributed by atoms with Crippen LogP contribution in [0, 0.1) is 18.8 Å². The Bertz CT molecular complexity index is 765. The first kappa shape index (κ1) is 10.9. The molecular weight excluding hydrogens is 242 g/mol. The molecule has 4 heteroatoms. The van der Waals surface area contributed by atoms with Gasteiger partial charge in [-0.25, -0.2) is 4.98 Å². The zero-order valence-electron chi connectivity index (χ0n) is 9.71. The summed E-state index contributed by atoms with van der Waals surface area (Å²) in [7, 11) is 0. The summed E-state index contributed by atoms with van der Waals surface area (Å²) in [6.07, 6.45) is 0. The van der Waals surface area contributed by atoms with Crippen molar-refractivity contribution >= 4 is 22.8 Å². The normalized spacial score (nSPS) is 10.1. The number of hydrogen-bond donors (Lipinski definition) is 0. The van der Waals surface area contributed by atoms with Gasteiger partial charge in [0.25, 0.3) is 0 Å². The van der Waals surface area contributed by atoms with Crippen LogP contribution in [0.3, 0.4) is 0 Å². The predicted octanol–water partition coefficient (Wildman–Crippen LogP) is 2.79. The van der Waals surface area contributed by atoms with E-state index in [0.717, 1.165) is 28.0 Å². The lowest BCUT2D eigenvalue weighted by Gasteiger charge is -1.92. The van der Waals surface area contributed by atoms with Crippen LogP contribution >= 0.6 is 11.7 Å². The van der Waals surface area contributed by atoms with Crippen molar-refractivity contribution in [3.8, 4) is 11.8 Å². The minimum absolute atomic E-state index is 0.784. The van der Waals surface area contributed by atoms with Crippen LogP contribution in [-0.2, 0) is 0 Å². The van der Waals surface area contributed by atoms with Crippen LogP contribution in [0.5, 0.6) is 0 Å². The molecule has 0 unspecified atom stereocenters. The fraction of sp³-hybridized carbons (Fsp3) is 0.0714. The van der Waals surface area contributed by atoms with E-state index in [-0.39, 0.29) is 0 Å². The van der Waals surface area contributed by atoms with Crippen molar-refractivity contribution in [2.24, 2.45) is 0 Å². The molecule has 3 nitrogen and oxygen atoms in total. The van der Waals surface area contributed by atoms with Crippen molar-refractivity contribution < 1.29 is 0 Å². The van der Waals surface area contributed by atoms with Gasteiger partial charge in [0.2, 0.25) is 0 Å². The number of fused-ring (bicyclic) bond motifs is 1. The van der Waals surface area contributed by atoms with Crippen molar-refractivity contribution in [1.29, 1.82) is 0 Å². The summed E-state index contributed by atoms with van der Waals surface area (Å²) in [6, 6.07) is 11.7. The second kappa shape index (κ2) is 4.55. The van der Waals surface area contributed by atoms with Gasteiger partial charge in [0.1, 0.15) is 16.7 Å². The Morgan fingerprint density at radius 2 is 1.89 bits per heavy atom. The van der Waals surface area contributed by atoms with Gasteiger partial charge in [0, 0.05) is 11.3 Å². The minimum atomic E-state index is 0.784. The highest BCUT2D eigenvalue weighted by atomic mass is 32.1. The van der Waals surface area contributed by atoms with Gasteiger partial charge < -0.3 is 0 Å². The molecule has 0 aliphatic heterocycles. The van der Waals surface area contributed by atoms with Gasteiger partial charge in [0.05, 0.1) is 11.7 Å². The molecule has 3 rings (SSSR count). The Balaban J connectivity index is 1.97. The molecule has 0 amide bonds. The lowest BCUT2D eigenvalue weighted by molar-refractivity contribution is 1.18. The third kappa shape index (κ3) is 2.22. The standard InChI is InChI=1S/C14H9N3S/c1-10-3-2-4-12(15-10)7-5-11-6-8-13-14(9-11)17-18-16-13/h2-4,6,8-9H,1H3. The largest absolute Gasteiger partial charge is 0.245 e. The predicted molar refractivity (Wildman–Crippen MR) is 72.4 cm³/mol. The van der Waals surface area contributed by atoms with Crippen LogP contribution in [0.4, 0.5) is 0 Å². The smallest absolute Gasteiger partial charge is 0.113 e. The highest BCUT2D eigenvalue weighted by molar-refractivity contribution is 7.00. The molecule has 86 valence electrons. The Hall–Kier alpha value is -2.25. The van der Waals surface area contributed by atoms with E-state index in [4.69, 9.17) is 0 Å². The van der Waals surface area contributed by atoms with Crippen molar-refractivity contribution in [2.45, 2.75) is 6.92 Å². The number of rotatable bonds is 0. The van der Waals surface area contributed by atoms with Crippen molar-refractivity contribution in [3.63, 3.8) is 0 Å². The molecule has 0 aliphatic carbocycles. The van der Waals surface area contributed by atoms with Gasteiger partial charge in [-0.1, -0.05) is 12.0 Å². The average molecular weight is 251 g/mol. The average Bonchev–Trinajstić information content (AvgIpc) is 2.84. The summed E-state index contributed by atoms with van der Waals surface area (Å²) in [5.74, 6) is 6.15. The molecule has 2 heterocycles. The summed E-state index contributed by atoms with van der Waals surface area (Å²) >= 11 is 1.22. The molecule has 0 spiro atoms. The van der Waals surface area contributed by atoms with E-state index in [2.05, 4.69) is 25.6 Å². The molecule has 0 N–H and O–H groups in total. The maximum Gasteiger partial charge on any atom is 0.113 e. The molecule has 1 aromatic carbocycles. The Morgan fingerprint density at radius 1 is 1.00 bits per heavy atom. The summed E-state index contributed by atoms with van der Waals surface area (Å²) < 4.78 is 8.36. The third-order valence-corrected chi connectivity index (χ3v) is 3.03. The first-order chi connectivity index (χ1) is 8.81. The number of benzene rings is 1. The van der Waals surface area contributed by atoms with E-state index in [1.807, 2.05) is 43.3 Å². The van der Waals surface area contributed by atoms with E-state index in [1.54, 1.807) is 0 Å². The molecule has 0 bridgehead atoms. The molecule has 18 heavy (non-hydrogen) atoms. The van der Waals surface area contributed by atoms with Gasteiger partial charge >= 0.3 is 0 Å². The summed E-state index contributed by atoms with van der Waals surface area (Å²) in [6.45, 7) is 1.96. The van der Waals surface area contributed by atoms with Gasteiger partial charge in [0.15, 0.2) is 0 Å². The molecule has 0 fully saturated rings. The van der Waals surface area contributed by atoms with Crippen LogP contribution < -0.4 is 0 Å². The first-order valence-corrected chi connectivity index (χ1v) is 6.22. The fourth-order valence-corrected chi connectivity index (χ4v) is 2.13. The number of hydrogen-bond acceptors (Lipinski definition) is 4. The molecule has 0 saturated heterocycles. The van der Waals surface area contributed by atoms with Crippen LogP contribution in [0.25, 0.3) is 11.0 Å². The van der Waals surface area contributed by atoms with Gasteiger partial charge in [-0.3, -0.25) is 0 Å². The number of aromatic nitrogens is 3. The molecule has 0 radical (unpaired) electrons. The van der Waals surface area contributed by atoms with E-state index in [1.165, 1.54) is 11.7 Å². The first-order valence-electron chi connectivity index (χ1n) is 5.49. The highest BCUT2D eigenvalue weighted by Crippen LogP contribution is 2.12. The third-order valence-electron chi connectivity index (χ3n) is 2.48. The Kier molecular flexibility index (Phi) is 2.75. The van der Waals surface area contributed by atoms with Crippen LogP contribution in [0.15, 0.2) is 36.4 Å². The molecular formula is C14H9N3S. The molecule has 3 aromatic rings. The van der Waals surface area contributed by atoms with Crippen LogP contribution in [0.1, 0.15) is 17.0 Å². The van der Waals surface area contributed by atoms with E-state index >= 15 is 0 Å². The van der Waals surface area contributed by atoms with Crippen LogP contribution in [0.2, 0.25) is 0 Å². The highest BCUT2D eigenvalue weighted by Gasteiger charge is 1.97. The second-order valence-corrected chi connectivity index (χ2v) is 4.41. The summed E-state index contributed by atoms with van der Waals surface area (Å²) in [5, 5.41) is 0. The number of nitrogens with zero attached hydrogens (tertiary/aromatic N) is 3. The van der Waals surface area contributed by atoms with E-state index in [9.17, 15) is 0 Å². The maximum atomic E-state index is 4.34. The topological polar surface area (TPSA) is 38.7 Å². The van der Waals surface area contributed by atoms with E-state index < -0.39 is 0 Å². The molecule has 0 aliphatic rings. The quantitative estimate of drug-likeness (QED) is 0.577. The Morgan fingerprint density at radius 3 is 2.78 bits per heavy atom. The molecule has 0 saturated carbocycles. The molecule has 0 atom stereocenters. The summed E-state index contributed by atoms with van der Waals surface area (Å²) in [4.78, 5) is 4.34. The zero-order chi connectivity index (χ0) is 12.4. The van der Waals surface area contributed by atoms with Crippen molar-refractivity contribution in [3.05, 3.63) is 53.3 Å². The number of aryl methyl sites for hydroxylation is 1. The van der Waals surface area contributed by atoms with Gasteiger partial charge in [-0.2, -0.15) is 8.75 Å². The Labute approximate surface area is 109 Å². The summed E-state index contributed by atoms with van der Waals surface area (Å²) in [5.41, 5.74) is 4.49. The maximum absolute atomic E-state index is 4.34.